The van der Waals surface area contributed by atoms with Crippen molar-refractivity contribution in [1.29, 1.82) is 0 Å². The number of rotatable bonds is 2. The third-order valence-electron chi connectivity index (χ3n) is 3.03. The second-order valence-electron chi connectivity index (χ2n) is 4.31. The summed E-state index contributed by atoms with van der Waals surface area (Å²) in [5.41, 5.74) is 5.76. The SMILES string of the molecule is Nc1n[nH]c(C(=O)N2CCOc3c(C(=O)O)cccc32)n1. The van der Waals surface area contributed by atoms with Gasteiger partial charge in [-0.05, 0) is 12.1 Å². The number of hydrogen-bond acceptors (Lipinski definition) is 6. The zero-order chi connectivity index (χ0) is 15.0. The molecular formula is C12H11N5O4. The van der Waals surface area contributed by atoms with Crippen molar-refractivity contribution in [3.63, 3.8) is 0 Å². The molecule has 9 nitrogen and oxygen atoms in total. The smallest absolute Gasteiger partial charge is 0.339 e. The monoisotopic (exact) mass is 289 g/mol. The van der Waals surface area contributed by atoms with E-state index in [2.05, 4.69) is 15.2 Å². The number of aromatic nitrogens is 3. The van der Waals surface area contributed by atoms with Gasteiger partial charge in [-0.2, -0.15) is 4.98 Å². The molecule has 0 atom stereocenters. The number of aromatic amines is 1. The van der Waals surface area contributed by atoms with E-state index in [1.807, 2.05) is 0 Å². The average molecular weight is 289 g/mol. The van der Waals surface area contributed by atoms with Crippen LogP contribution in [0, 0.1) is 0 Å². The minimum absolute atomic E-state index is 0.00193. The van der Waals surface area contributed by atoms with E-state index >= 15 is 0 Å². The Labute approximate surface area is 118 Å². The van der Waals surface area contributed by atoms with Crippen molar-refractivity contribution in [3.05, 3.63) is 29.6 Å². The molecule has 21 heavy (non-hydrogen) atoms. The molecule has 0 saturated heterocycles. The Morgan fingerprint density at radius 2 is 2.24 bits per heavy atom. The minimum Gasteiger partial charge on any atom is -0.489 e. The molecule has 4 N–H and O–H groups in total. The van der Waals surface area contributed by atoms with Gasteiger partial charge in [-0.3, -0.25) is 14.8 Å². The summed E-state index contributed by atoms with van der Waals surface area (Å²) in [5, 5.41) is 15.2. The van der Waals surface area contributed by atoms with E-state index in [-0.39, 0.29) is 36.2 Å². The number of aromatic carboxylic acids is 1. The van der Waals surface area contributed by atoms with Crippen LogP contribution in [0.25, 0.3) is 0 Å². The van der Waals surface area contributed by atoms with Gasteiger partial charge in [0.2, 0.25) is 11.8 Å². The van der Waals surface area contributed by atoms with Crippen LogP contribution in [0.4, 0.5) is 11.6 Å². The Morgan fingerprint density at radius 1 is 1.43 bits per heavy atom. The molecule has 0 fully saturated rings. The lowest BCUT2D eigenvalue weighted by Gasteiger charge is -2.29. The molecule has 0 bridgehead atoms. The number of carbonyl (C=O) groups excluding carboxylic acids is 1. The molecule has 2 aromatic rings. The molecule has 0 radical (unpaired) electrons. The summed E-state index contributed by atoms with van der Waals surface area (Å²) in [4.78, 5) is 28.7. The number of H-pyrrole nitrogens is 1. The fourth-order valence-corrected chi connectivity index (χ4v) is 2.13. The van der Waals surface area contributed by atoms with E-state index in [0.717, 1.165) is 0 Å². The lowest BCUT2D eigenvalue weighted by Crippen LogP contribution is -2.39. The molecule has 0 spiro atoms. The predicted molar refractivity (Wildman–Crippen MR) is 71.4 cm³/mol. The van der Waals surface area contributed by atoms with Crippen LogP contribution in [0.1, 0.15) is 21.0 Å². The van der Waals surface area contributed by atoms with Crippen molar-refractivity contribution >= 4 is 23.5 Å². The van der Waals surface area contributed by atoms with Crippen molar-refractivity contribution < 1.29 is 19.4 Å². The Morgan fingerprint density at radius 3 is 2.90 bits per heavy atom. The number of carboxylic acids is 1. The molecule has 1 aromatic heterocycles. The second-order valence-corrected chi connectivity index (χ2v) is 4.31. The first kappa shape index (κ1) is 12.9. The van der Waals surface area contributed by atoms with Gasteiger partial charge >= 0.3 is 5.97 Å². The number of nitrogens with two attached hydrogens (primary N) is 1. The van der Waals surface area contributed by atoms with Crippen molar-refractivity contribution in [2.75, 3.05) is 23.8 Å². The van der Waals surface area contributed by atoms with E-state index in [1.165, 1.54) is 11.0 Å². The largest absolute Gasteiger partial charge is 0.489 e. The molecule has 1 aromatic carbocycles. The first-order chi connectivity index (χ1) is 10.1. The molecular weight excluding hydrogens is 278 g/mol. The fourth-order valence-electron chi connectivity index (χ4n) is 2.13. The standard InChI is InChI=1S/C12H11N5O4/c13-12-14-9(15-16-12)10(18)17-4-5-21-8-6(11(19)20)2-1-3-7(8)17/h1-3H,4-5H2,(H,19,20)(H3,13,14,15,16). The molecule has 0 saturated carbocycles. The molecule has 2 heterocycles. The lowest BCUT2D eigenvalue weighted by molar-refractivity contribution is 0.0690. The molecule has 9 heteroatoms. The van der Waals surface area contributed by atoms with E-state index in [0.29, 0.717) is 5.69 Å². The summed E-state index contributed by atoms with van der Waals surface area (Å²) in [7, 11) is 0. The Bertz CT molecular complexity index is 726. The summed E-state index contributed by atoms with van der Waals surface area (Å²) in [6, 6.07) is 4.58. The highest BCUT2D eigenvalue weighted by molar-refractivity contribution is 6.06. The third-order valence-corrected chi connectivity index (χ3v) is 3.03. The third kappa shape index (κ3) is 2.14. The van der Waals surface area contributed by atoms with Gasteiger partial charge in [-0.15, -0.1) is 5.10 Å². The number of nitrogen functional groups attached to an aromatic ring is 1. The van der Waals surface area contributed by atoms with Crippen molar-refractivity contribution in [2.24, 2.45) is 0 Å². The van der Waals surface area contributed by atoms with Crippen LogP contribution < -0.4 is 15.4 Å². The van der Waals surface area contributed by atoms with E-state index < -0.39 is 11.9 Å². The number of benzene rings is 1. The molecule has 3 rings (SSSR count). The number of nitrogens with zero attached hydrogens (tertiary/aromatic N) is 3. The number of amides is 1. The molecule has 1 aliphatic rings. The van der Waals surface area contributed by atoms with Gasteiger partial charge in [0.05, 0.1) is 12.2 Å². The summed E-state index contributed by atoms with van der Waals surface area (Å²) in [6.45, 7) is 0.460. The zero-order valence-electron chi connectivity index (χ0n) is 10.7. The predicted octanol–water partition coefficient (Wildman–Crippen LogP) is 0.124. The van der Waals surface area contributed by atoms with Crippen LogP contribution in [-0.4, -0.2) is 45.3 Å². The quantitative estimate of drug-likeness (QED) is 0.714. The van der Waals surface area contributed by atoms with E-state index in [1.54, 1.807) is 12.1 Å². The zero-order valence-corrected chi connectivity index (χ0v) is 10.7. The molecule has 0 aliphatic carbocycles. The van der Waals surface area contributed by atoms with E-state index in [9.17, 15) is 9.59 Å². The highest BCUT2D eigenvalue weighted by Crippen LogP contribution is 2.35. The average Bonchev–Trinajstić information content (AvgIpc) is 2.91. The van der Waals surface area contributed by atoms with Crippen molar-refractivity contribution in [2.45, 2.75) is 0 Å². The number of ether oxygens (including phenoxy) is 1. The maximum absolute atomic E-state index is 12.4. The topological polar surface area (TPSA) is 134 Å². The number of carboxylic acid groups (broad SMARTS) is 1. The van der Waals surface area contributed by atoms with Gasteiger partial charge in [0.25, 0.3) is 5.91 Å². The van der Waals surface area contributed by atoms with Gasteiger partial charge in [0, 0.05) is 0 Å². The van der Waals surface area contributed by atoms with Gasteiger partial charge in [0.15, 0.2) is 5.75 Å². The highest BCUT2D eigenvalue weighted by Gasteiger charge is 2.29. The van der Waals surface area contributed by atoms with Crippen LogP contribution in [0.3, 0.4) is 0 Å². The first-order valence-electron chi connectivity index (χ1n) is 6.07. The highest BCUT2D eigenvalue weighted by atomic mass is 16.5. The Kier molecular flexibility index (Phi) is 2.94. The Hall–Kier alpha value is -3.10. The van der Waals surface area contributed by atoms with Gasteiger partial charge in [-0.25, -0.2) is 4.79 Å². The fraction of sp³-hybridized carbons (Fsp3) is 0.167. The number of carbonyl (C=O) groups is 2. The summed E-state index contributed by atoms with van der Waals surface area (Å²) in [6.07, 6.45) is 0. The first-order valence-corrected chi connectivity index (χ1v) is 6.07. The van der Waals surface area contributed by atoms with Gasteiger partial charge in [0.1, 0.15) is 12.2 Å². The van der Waals surface area contributed by atoms with Gasteiger partial charge in [-0.1, -0.05) is 6.07 Å². The summed E-state index contributed by atoms with van der Waals surface area (Å²) < 4.78 is 5.39. The number of hydrogen-bond donors (Lipinski definition) is 3. The van der Waals surface area contributed by atoms with Gasteiger partial charge < -0.3 is 15.6 Å². The van der Waals surface area contributed by atoms with E-state index in [4.69, 9.17) is 15.6 Å². The van der Waals surface area contributed by atoms with Crippen molar-refractivity contribution in [1.82, 2.24) is 15.2 Å². The Balaban J connectivity index is 2.03. The summed E-state index contributed by atoms with van der Waals surface area (Å²) in [5.74, 6) is -1.46. The van der Waals surface area contributed by atoms with Crippen LogP contribution >= 0.6 is 0 Å². The van der Waals surface area contributed by atoms with Crippen LogP contribution in [0.15, 0.2) is 18.2 Å². The number of nitrogens with one attached hydrogen (secondary N) is 1. The maximum atomic E-state index is 12.4. The minimum atomic E-state index is -1.12. The molecule has 0 unspecified atom stereocenters. The lowest BCUT2D eigenvalue weighted by atomic mass is 10.1. The number of fused-ring (bicyclic) bond motifs is 1. The normalized spacial score (nSPS) is 13.4. The molecule has 108 valence electrons. The maximum Gasteiger partial charge on any atom is 0.339 e. The van der Waals surface area contributed by atoms with Crippen molar-refractivity contribution in [3.8, 4) is 5.75 Å². The second kappa shape index (κ2) is 4.78. The van der Waals surface area contributed by atoms with Crippen LogP contribution in [0.5, 0.6) is 5.75 Å². The van der Waals surface area contributed by atoms with Crippen LogP contribution in [-0.2, 0) is 0 Å². The number of para-hydroxylation sites is 1. The molecule has 1 amide bonds. The number of anilines is 2. The van der Waals surface area contributed by atoms with Crippen LogP contribution in [0.2, 0.25) is 0 Å². The molecule has 1 aliphatic heterocycles. The summed E-state index contributed by atoms with van der Waals surface area (Å²) >= 11 is 0.